The topological polar surface area (TPSA) is 64.7 Å². The number of hydrogen-bond acceptors (Lipinski definition) is 4. The average Bonchev–Trinajstić information content (AvgIpc) is 3.73. The fourth-order valence-electron chi connectivity index (χ4n) is 7.08. The van der Waals surface area contributed by atoms with Crippen molar-refractivity contribution < 1.29 is 18.4 Å². The molecule has 6 rings (SSSR count). The lowest BCUT2D eigenvalue weighted by atomic mass is 9.83. The summed E-state index contributed by atoms with van der Waals surface area (Å²) in [5.74, 6) is -2.45. The van der Waals surface area contributed by atoms with E-state index in [2.05, 4.69) is 10.6 Å². The normalized spacial score (nSPS) is 20.8. The van der Waals surface area contributed by atoms with Gasteiger partial charge < -0.3 is 20.4 Å². The smallest absolute Gasteiger partial charge is 0.257 e. The zero-order valence-corrected chi connectivity index (χ0v) is 24.8. The standard InChI is InChI=1S/C35H40F2N4O2/c1-23-9-6-13-28(36)31(23)35(43)41-22-8-12-27(33(41)24-16-18-26(19-17-24)38-25-10-2-3-11-25)34(42)39-29-14-7-15-30(32(29)37)40-20-4-5-21-40/h6-7,9,13-19,25,27,33,38H,2-5,8,10-12,20-22H2,1H3,(H,39,42)/t27-,33?/m0/s1. The molecule has 2 heterocycles. The molecule has 0 spiro atoms. The Balaban J connectivity index is 1.31. The number of carbonyl (C=O) groups is 2. The Bertz CT molecular complexity index is 1440. The van der Waals surface area contributed by atoms with Crippen LogP contribution in [0.25, 0.3) is 0 Å². The third-order valence-corrected chi connectivity index (χ3v) is 9.33. The van der Waals surface area contributed by atoms with Crippen molar-refractivity contribution in [3.05, 3.63) is 89.0 Å². The van der Waals surface area contributed by atoms with Gasteiger partial charge in [0.15, 0.2) is 5.82 Å². The van der Waals surface area contributed by atoms with Gasteiger partial charge in [0.05, 0.1) is 28.9 Å². The fraction of sp³-hybridized carbons (Fsp3) is 0.429. The molecule has 1 saturated carbocycles. The molecule has 2 atom stereocenters. The van der Waals surface area contributed by atoms with E-state index in [-0.39, 0.29) is 17.2 Å². The number of rotatable bonds is 7. The minimum atomic E-state index is -0.645. The van der Waals surface area contributed by atoms with Crippen LogP contribution in [0.2, 0.25) is 0 Å². The van der Waals surface area contributed by atoms with Crippen molar-refractivity contribution >= 4 is 28.9 Å². The van der Waals surface area contributed by atoms with Gasteiger partial charge in [0.1, 0.15) is 5.82 Å². The summed E-state index contributed by atoms with van der Waals surface area (Å²) in [7, 11) is 0. The van der Waals surface area contributed by atoms with Crippen LogP contribution in [-0.2, 0) is 4.79 Å². The van der Waals surface area contributed by atoms with E-state index in [0.29, 0.717) is 36.7 Å². The molecule has 226 valence electrons. The third kappa shape index (κ3) is 6.10. The number of anilines is 3. The van der Waals surface area contributed by atoms with Gasteiger partial charge >= 0.3 is 0 Å². The Morgan fingerprint density at radius 1 is 0.814 bits per heavy atom. The molecule has 2 N–H and O–H groups in total. The van der Waals surface area contributed by atoms with E-state index in [0.717, 1.165) is 50.0 Å². The maximum atomic E-state index is 15.6. The summed E-state index contributed by atoms with van der Waals surface area (Å²) in [6.07, 6.45) is 7.86. The van der Waals surface area contributed by atoms with Crippen LogP contribution in [0.5, 0.6) is 0 Å². The monoisotopic (exact) mass is 586 g/mol. The third-order valence-electron chi connectivity index (χ3n) is 9.33. The van der Waals surface area contributed by atoms with E-state index < -0.39 is 29.5 Å². The average molecular weight is 587 g/mol. The summed E-state index contributed by atoms with van der Waals surface area (Å²) in [5, 5.41) is 6.45. The van der Waals surface area contributed by atoms with Gasteiger partial charge in [-0.25, -0.2) is 8.78 Å². The van der Waals surface area contributed by atoms with Crippen LogP contribution in [0.1, 0.15) is 78.9 Å². The molecule has 8 heteroatoms. The van der Waals surface area contributed by atoms with E-state index >= 15 is 8.78 Å². The zero-order valence-electron chi connectivity index (χ0n) is 24.8. The molecule has 3 fully saturated rings. The Morgan fingerprint density at radius 2 is 1.53 bits per heavy atom. The second-order valence-corrected chi connectivity index (χ2v) is 12.2. The van der Waals surface area contributed by atoms with Crippen molar-refractivity contribution in [2.24, 2.45) is 5.92 Å². The molecule has 0 aromatic heterocycles. The van der Waals surface area contributed by atoms with Crippen molar-refractivity contribution in [1.29, 1.82) is 0 Å². The van der Waals surface area contributed by atoms with Gasteiger partial charge in [-0.15, -0.1) is 0 Å². The molecular formula is C35H40F2N4O2. The molecule has 1 aliphatic carbocycles. The number of nitrogens with one attached hydrogen (secondary N) is 2. The first-order valence-corrected chi connectivity index (χ1v) is 15.7. The van der Waals surface area contributed by atoms with E-state index in [1.54, 1.807) is 42.2 Å². The Labute approximate surface area is 252 Å². The largest absolute Gasteiger partial charge is 0.382 e. The van der Waals surface area contributed by atoms with E-state index in [9.17, 15) is 9.59 Å². The summed E-state index contributed by atoms with van der Waals surface area (Å²) in [6, 6.07) is 17.4. The number of likely N-dealkylation sites (tertiary alicyclic amines) is 1. The number of nitrogens with zero attached hydrogens (tertiary/aromatic N) is 2. The van der Waals surface area contributed by atoms with Gasteiger partial charge in [-0.05, 0) is 86.9 Å². The maximum absolute atomic E-state index is 15.6. The summed E-state index contributed by atoms with van der Waals surface area (Å²) in [5.41, 5.74) is 3.00. The zero-order chi connectivity index (χ0) is 29.9. The van der Waals surface area contributed by atoms with Crippen molar-refractivity contribution in [3.8, 4) is 0 Å². The second-order valence-electron chi connectivity index (χ2n) is 12.2. The SMILES string of the molecule is Cc1cccc(F)c1C(=O)N1CCC[C@H](C(=O)Nc2cccc(N3CCCC3)c2F)C1c1ccc(NC2CCCC2)cc1. The minimum absolute atomic E-state index is 0.0254. The molecule has 43 heavy (non-hydrogen) atoms. The molecule has 3 aromatic carbocycles. The highest BCUT2D eigenvalue weighted by Gasteiger charge is 2.41. The fourth-order valence-corrected chi connectivity index (χ4v) is 7.08. The van der Waals surface area contributed by atoms with Gasteiger partial charge in [0.2, 0.25) is 5.91 Å². The quantitative estimate of drug-likeness (QED) is 0.302. The van der Waals surface area contributed by atoms with Gasteiger partial charge in [0.25, 0.3) is 5.91 Å². The number of halogens is 2. The number of hydrogen-bond donors (Lipinski definition) is 2. The first-order valence-electron chi connectivity index (χ1n) is 15.7. The molecule has 3 aliphatic rings. The number of benzene rings is 3. The lowest BCUT2D eigenvalue weighted by Crippen LogP contribution is -2.46. The van der Waals surface area contributed by atoms with Crippen molar-refractivity contribution in [3.63, 3.8) is 0 Å². The highest BCUT2D eigenvalue weighted by molar-refractivity contribution is 5.98. The number of aryl methyl sites for hydroxylation is 1. The van der Waals surface area contributed by atoms with Gasteiger partial charge in [0, 0.05) is 31.4 Å². The van der Waals surface area contributed by atoms with Gasteiger partial charge in [-0.2, -0.15) is 0 Å². The lowest BCUT2D eigenvalue weighted by Gasteiger charge is -2.41. The minimum Gasteiger partial charge on any atom is -0.382 e. The van der Waals surface area contributed by atoms with Crippen LogP contribution < -0.4 is 15.5 Å². The molecular weight excluding hydrogens is 546 g/mol. The number of amides is 2. The van der Waals surface area contributed by atoms with Crippen LogP contribution in [0.4, 0.5) is 25.8 Å². The van der Waals surface area contributed by atoms with E-state index in [1.165, 1.54) is 18.9 Å². The van der Waals surface area contributed by atoms with Crippen LogP contribution in [-0.4, -0.2) is 42.4 Å². The van der Waals surface area contributed by atoms with E-state index in [1.807, 2.05) is 29.2 Å². The Kier molecular flexibility index (Phi) is 8.63. The molecule has 0 bridgehead atoms. The Morgan fingerprint density at radius 3 is 2.26 bits per heavy atom. The highest BCUT2D eigenvalue weighted by Crippen LogP contribution is 2.39. The summed E-state index contributed by atoms with van der Waals surface area (Å²) in [6.45, 7) is 3.69. The van der Waals surface area contributed by atoms with Crippen LogP contribution in [0.15, 0.2) is 60.7 Å². The predicted molar refractivity (Wildman–Crippen MR) is 166 cm³/mol. The maximum Gasteiger partial charge on any atom is 0.257 e. The molecule has 6 nitrogen and oxygen atoms in total. The first kappa shape index (κ1) is 29.1. The Hall–Kier alpha value is -3.94. The van der Waals surface area contributed by atoms with Crippen molar-refractivity contribution in [2.45, 2.75) is 70.4 Å². The summed E-state index contributed by atoms with van der Waals surface area (Å²) in [4.78, 5) is 31.6. The molecule has 3 aromatic rings. The van der Waals surface area contributed by atoms with Crippen molar-refractivity contribution in [1.82, 2.24) is 4.90 Å². The van der Waals surface area contributed by atoms with Gasteiger partial charge in [-0.3, -0.25) is 9.59 Å². The van der Waals surface area contributed by atoms with Crippen molar-refractivity contribution in [2.75, 3.05) is 35.2 Å². The number of carbonyl (C=O) groups excluding carboxylic acids is 2. The molecule has 2 saturated heterocycles. The highest BCUT2D eigenvalue weighted by atomic mass is 19.1. The first-order chi connectivity index (χ1) is 20.9. The summed E-state index contributed by atoms with van der Waals surface area (Å²) < 4.78 is 30.6. The van der Waals surface area contributed by atoms with Crippen LogP contribution in [0.3, 0.4) is 0 Å². The van der Waals surface area contributed by atoms with Crippen LogP contribution in [0, 0.1) is 24.5 Å². The summed E-state index contributed by atoms with van der Waals surface area (Å²) >= 11 is 0. The molecule has 0 radical (unpaired) electrons. The molecule has 2 aliphatic heterocycles. The lowest BCUT2D eigenvalue weighted by molar-refractivity contribution is -0.123. The predicted octanol–water partition coefficient (Wildman–Crippen LogP) is 7.46. The van der Waals surface area contributed by atoms with Crippen LogP contribution >= 0.6 is 0 Å². The molecule has 1 unspecified atom stereocenters. The second kappa shape index (κ2) is 12.7. The van der Waals surface area contributed by atoms with E-state index in [4.69, 9.17) is 0 Å². The van der Waals surface area contributed by atoms with Gasteiger partial charge in [-0.1, -0.05) is 43.2 Å². The molecule has 2 amide bonds. The number of piperidine rings is 1.